The molecule has 1 aliphatic heterocycles. The Labute approximate surface area is 199 Å². The van der Waals surface area contributed by atoms with Crippen molar-refractivity contribution in [3.05, 3.63) is 72.3 Å². The van der Waals surface area contributed by atoms with Crippen LogP contribution in [0.1, 0.15) is 24.8 Å². The van der Waals surface area contributed by atoms with E-state index in [2.05, 4.69) is 42.5 Å². The monoisotopic (exact) mass is 483 g/mol. The summed E-state index contributed by atoms with van der Waals surface area (Å²) < 4.78 is 24.9. The highest BCUT2D eigenvalue weighted by Crippen LogP contribution is 2.70. The lowest BCUT2D eigenvalue weighted by molar-refractivity contribution is -0.122. The Kier molecular flexibility index (Phi) is 7.48. The first-order valence-corrected chi connectivity index (χ1v) is 14.8. The molecule has 174 valence electrons. The summed E-state index contributed by atoms with van der Waals surface area (Å²) in [7, 11) is 0. The third-order valence-electron chi connectivity index (χ3n) is 6.35. The molecule has 0 bridgehead atoms. The van der Waals surface area contributed by atoms with Crippen LogP contribution in [0.2, 0.25) is 0 Å². The van der Waals surface area contributed by atoms with Crippen molar-refractivity contribution in [1.29, 1.82) is 0 Å². The molecular formula is C26H30NO4PS. The number of benzene rings is 3. The van der Waals surface area contributed by atoms with Gasteiger partial charge in [0, 0.05) is 18.1 Å². The zero-order valence-corrected chi connectivity index (χ0v) is 20.6. The smallest absolute Gasteiger partial charge is 0.232 e. The molecule has 0 saturated carbocycles. The van der Waals surface area contributed by atoms with E-state index in [1.54, 1.807) is 6.66 Å². The van der Waals surface area contributed by atoms with Gasteiger partial charge in [0.05, 0.1) is 6.61 Å². The van der Waals surface area contributed by atoms with Gasteiger partial charge in [-0.2, -0.15) is 0 Å². The maximum atomic E-state index is 13.6. The number of amides is 1. The van der Waals surface area contributed by atoms with Crippen LogP contribution in [-0.4, -0.2) is 37.5 Å². The highest BCUT2D eigenvalue weighted by molar-refractivity contribution is 8.58. The van der Waals surface area contributed by atoms with Crippen molar-refractivity contribution in [2.75, 3.05) is 26.5 Å². The molecule has 2 N–H and O–H groups in total. The number of fused-ring (bicyclic) bond motifs is 1. The molecule has 4 rings (SSSR count). The maximum Gasteiger partial charge on any atom is 0.232 e. The Hall–Kier alpha value is -2.27. The van der Waals surface area contributed by atoms with Gasteiger partial charge < -0.3 is 19.8 Å². The molecular weight excluding hydrogens is 453 g/mol. The first-order chi connectivity index (χ1) is 15.9. The zero-order valence-electron chi connectivity index (χ0n) is 18.9. The summed E-state index contributed by atoms with van der Waals surface area (Å²) in [5, 5.41) is 1.51. The van der Waals surface area contributed by atoms with Crippen LogP contribution < -0.4 is 10.5 Å². The van der Waals surface area contributed by atoms with E-state index in [9.17, 15) is 9.36 Å². The van der Waals surface area contributed by atoms with E-state index in [0.717, 1.165) is 23.5 Å². The van der Waals surface area contributed by atoms with Crippen LogP contribution in [0.3, 0.4) is 0 Å². The molecule has 0 aromatic heterocycles. The number of aryl methyl sites for hydroxylation is 1. The molecule has 7 heteroatoms. The molecule has 1 unspecified atom stereocenters. The zero-order chi connectivity index (χ0) is 23.3. The van der Waals surface area contributed by atoms with Gasteiger partial charge >= 0.3 is 0 Å². The highest BCUT2D eigenvalue weighted by Gasteiger charge is 2.51. The molecule has 33 heavy (non-hydrogen) atoms. The van der Waals surface area contributed by atoms with Crippen LogP contribution >= 0.6 is 17.7 Å². The predicted octanol–water partition coefficient (Wildman–Crippen LogP) is 5.89. The fourth-order valence-corrected chi connectivity index (χ4v) is 9.45. The van der Waals surface area contributed by atoms with Gasteiger partial charge in [0.15, 0.2) is 6.34 Å². The number of hydrogen-bond donors (Lipinski definition) is 1. The number of nitrogens with two attached hydrogens (primary N) is 1. The van der Waals surface area contributed by atoms with Gasteiger partial charge in [-0.25, -0.2) is 0 Å². The number of carbonyl (C=O) groups is 1. The molecule has 5 nitrogen and oxygen atoms in total. The van der Waals surface area contributed by atoms with Gasteiger partial charge in [-0.05, 0) is 72.9 Å². The van der Waals surface area contributed by atoms with E-state index >= 15 is 0 Å². The lowest BCUT2D eigenvalue weighted by Crippen LogP contribution is -2.47. The van der Waals surface area contributed by atoms with E-state index < -0.39 is 17.4 Å². The fourth-order valence-electron chi connectivity index (χ4n) is 4.31. The van der Waals surface area contributed by atoms with Gasteiger partial charge in [0.25, 0.3) is 0 Å². The standard InChI is InChI=1S/C26H30NO4PS/c1-32(29,26(25(27)28)14-17-30-18-15-26)33-24-12-10-23(11-13-24)31-16-4-5-20-8-9-21-6-2-3-7-22(21)19-20/h2-3,6-13,19H,4-5,14-18H2,1H3,(H2,27,28). The van der Waals surface area contributed by atoms with Crippen LogP contribution in [-0.2, 0) is 20.5 Å². The normalized spacial score (nSPS) is 17.4. The van der Waals surface area contributed by atoms with E-state index in [0.29, 0.717) is 32.7 Å². The summed E-state index contributed by atoms with van der Waals surface area (Å²) in [6, 6.07) is 22.5. The summed E-state index contributed by atoms with van der Waals surface area (Å²) in [6.07, 6.45) is -0.266. The van der Waals surface area contributed by atoms with Crippen LogP contribution in [0.4, 0.5) is 0 Å². The number of carbonyl (C=O) groups excluding carboxylic acids is 1. The average Bonchev–Trinajstić information content (AvgIpc) is 2.83. The minimum Gasteiger partial charge on any atom is -0.494 e. The van der Waals surface area contributed by atoms with Crippen molar-refractivity contribution in [2.24, 2.45) is 5.73 Å². The van der Waals surface area contributed by atoms with E-state index in [-0.39, 0.29) is 0 Å². The third-order valence-corrected chi connectivity index (χ3v) is 12.1. The molecule has 1 aliphatic rings. The lowest BCUT2D eigenvalue weighted by Gasteiger charge is -2.38. The Bertz CT molecular complexity index is 1160. The summed E-state index contributed by atoms with van der Waals surface area (Å²) in [6.45, 7) is 3.11. The summed E-state index contributed by atoms with van der Waals surface area (Å²) >= 11 is 1.26. The van der Waals surface area contributed by atoms with Crippen molar-refractivity contribution in [1.82, 2.24) is 0 Å². The van der Waals surface area contributed by atoms with Crippen molar-refractivity contribution in [2.45, 2.75) is 35.7 Å². The molecule has 1 heterocycles. The molecule has 1 amide bonds. The van der Waals surface area contributed by atoms with Crippen molar-refractivity contribution in [3.63, 3.8) is 0 Å². The van der Waals surface area contributed by atoms with Gasteiger partial charge in [0.2, 0.25) is 5.91 Å². The SMILES string of the molecule is CP(=O)(Sc1ccc(OCCCc2ccc3ccccc3c2)cc1)C1(C(N)=O)CCOCC1. The van der Waals surface area contributed by atoms with Crippen molar-refractivity contribution >= 4 is 34.4 Å². The minimum atomic E-state index is -2.95. The fraction of sp³-hybridized carbons (Fsp3) is 0.346. The first-order valence-electron chi connectivity index (χ1n) is 11.3. The Balaban J connectivity index is 1.30. The summed E-state index contributed by atoms with van der Waals surface area (Å²) in [5.74, 6) is 0.287. The van der Waals surface area contributed by atoms with E-state index in [4.69, 9.17) is 15.2 Å². The Morgan fingerprint density at radius 2 is 1.76 bits per heavy atom. The molecule has 3 aromatic rings. The van der Waals surface area contributed by atoms with Crippen LogP contribution in [0.25, 0.3) is 10.8 Å². The number of primary amides is 1. The second kappa shape index (κ2) is 10.3. The van der Waals surface area contributed by atoms with Crippen molar-refractivity contribution < 1.29 is 18.8 Å². The van der Waals surface area contributed by atoms with Crippen LogP contribution in [0.5, 0.6) is 5.75 Å². The number of ether oxygens (including phenoxy) is 2. The van der Waals surface area contributed by atoms with Crippen LogP contribution in [0.15, 0.2) is 71.6 Å². The second-order valence-corrected chi connectivity index (χ2v) is 14.4. The molecule has 0 spiro atoms. The van der Waals surface area contributed by atoms with Crippen LogP contribution in [0, 0.1) is 0 Å². The first kappa shape index (κ1) is 23.9. The van der Waals surface area contributed by atoms with Crippen molar-refractivity contribution in [3.8, 4) is 5.75 Å². The topological polar surface area (TPSA) is 78.6 Å². The Morgan fingerprint density at radius 1 is 1.06 bits per heavy atom. The largest absolute Gasteiger partial charge is 0.494 e. The van der Waals surface area contributed by atoms with Gasteiger partial charge in [0.1, 0.15) is 10.9 Å². The van der Waals surface area contributed by atoms with Gasteiger partial charge in [-0.3, -0.25) is 4.79 Å². The summed E-state index contributed by atoms with van der Waals surface area (Å²) in [4.78, 5) is 13.1. The molecule has 0 aliphatic carbocycles. The third kappa shape index (κ3) is 5.46. The highest BCUT2D eigenvalue weighted by atomic mass is 32.7. The summed E-state index contributed by atoms with van der Waals surface area (Å²) in [5.41, 5.74) is 7.01. The molecule has 3 aromatic carbocycles. The molecule has 1 fully saturated rings. The second-order valence-electron chi connectivity index (χ2n) is 8.55. The quantitative estimate of drug-likeness (QED) is 0.303. The molecule has 1 saturated heterocycles. The number of hydrogen-bond acceptors (Lipinski definition) is 5. The van der Waals surface area contributed by atoms with Gasteiger partial charge in [-0.1, -0.05) is 53.8 Å². The van der Waals surface area contributed by atoms with Gasteiger partial charge in [-0.15, -0.1) is 0 Å². The lowest BCUT2D eigenvalue weighted by atomic mass is 9.98. The number of rotatable bonds is 9. The predicted molar refractivity (Wildman–Crippen MR) is 136 cm³/mol. The molecule has 0 radical (unpaired) electrons. The minimum absolute atomic E-state index is 0.404. The van der Waals surface area contributed by atoms with E-state index in [1.807, 2.05) is 24.3 Å². The molecule has 1 atom stereocenters. The van der Waals surface area contributed by atoms with E-state index in [1.165, 1.54) is 27.7 Å². The average molecular weight is 484 g/mol. The Morgan fingerprint density at radius 3 is 2.45 bits per heavy atom. The maximum absolute atomic E-state index is 13.6.